The Morgan fingerprint density at radius 2 is 2.00 bits per heavy atom. The highest BCUT2D eigenvalue weighted by Gasteiger charge is 2.05. The van der Waals surface area contributed by atoms with E-state index in [4.69, 9.17) is 4.74 Å². The third kappa shape index (κ3) is 6.15. The summed E-state index contributed by atoms with van der Waals surface area (Å²) in [6.07, 6.45) is 1.74. The van der Waals surface area contributed by atoms with Crippen molar-refractivity contribution in [3.63, 3.8) is 0 Å². The van der Waals surface area contributed by atoms with Crippen molar-refractivity contribution in [2.45, 2.75) is 0 Å². The van der Waals surface area contributed by atoms with Crippen LogP contribution in [0.2, 0.25) is 0 Å². The number of nitrogens with zero attached hydrogens (tertiary/aromatic N) is 1. The average molecular weight is 346 g/mol. The number of aromatic nitrogens is 1. The maximum absolute atomic E-state index is 12.0. The number of pyridine rings is 1. The van der Waals surface area contributed by atoms with Crippen LogP contribution in [0.4, 0.5) is 0 Å². The summed E-state index contributed by atoms with van der Waals surface area (Å²) >= 11 is 0. The van der Waals surface area contributed by atoms with Crippen LogP contribution in [0.3, 0.4) is 0 Å². The predicted octanol–water partition coefficient (Wildman–Crippen LogP) is 2.04. The maximum Gasteiger partial charge on any atom is 0.251 e. The molecule has 2 aromatic rings. The molecule has 0 aliphatic rings. The lowest BCUT2D eigenvalue weighted by Gasteiger charge is -2.07. The number of rotatable bonds is 7. The molecular weight excluding hydrogens is 325 g/mol. The van der Waals surface area contributed by atoms with E-state index in [0.29, 0.717) is 18.7 Å². The lowest BCUT2D eigenvalue weighted by molar-refractivity contribution is 0.0954. The molecule has 0 saturated heterocycles. The Kier molecular flexibility index (Phi) is 10.5. The number of carbonyl (C=O) groups is 1. The molecule has 5 nitrogen and oxygen atoms in total. The molecule has 0 aliphatic heterocycles. The molecule has 22 heavy (non-hydrogen) atoms. The van der Waals surface area contributed by atoms with Gasteiger partial charge < -0.3 is 15.4 Å². The minimum atomic E-state index is -0.0655. The standard InChI is InChI=1S/C15H19N3O2.2ClH/c1-20-10-9-16-7-8-18-15(19)13-4-5-14-12(11-13)3-2-6-17-14;;/h2-6,11,16H,7-10H2,1H3,(H,18,19);2*1H. The Morgan fingerprint density at radius 3 is 2.77 bits per heavy atom. The van der Waals surface area contributed by atoms with Crippen LogP contribution in [-0.2, 0) is 4.74 Å². The number of hydrogen-bond acceptors (Lipinski definition) is 4. The van der Waals surface area contributed by atoms with Gasteiger partial charge in [0.25, 0.3) is 5.91 Å². The first-order valence-corrected chi connectivity index (χ1v) is 6.64. The Morgan fingerprint density at radius 1 is 1.18 bits per heavy atom. The number of methoxy groups -OCH3 is 1. The molecule has 1 amide bonds. The third-order valence-corrected chi connectivity index (χ3v) is 2.94. The van der Waals surface area contributed by atoms with Gasteiger partial charge in [-0.05, 0) is 24.3 Å². The summed E-state index contributed by atoms with van der Waals surface area (Å²) in [5, 5.41) is 7.02. The lowest BCUT2D eigenvalue weighted by Crippen LogP contribution is -2.33. The summed E-state index contributed by atoms with van der Waals surface area (Å²) in [4.78, 5) is 16.2. The molecule has 1 aromatic heterocycles. The van der Waals surface area contributed by atoms with E-state index in [1.165, 1.54) is 0 Å². The van der Waals surface area contributed by atoms with Crippen LogP contribution in [-0.4, -0.2) is 44.2 Å². The van der Waals surface area contributed by atoms with E-state index in [1.54, 1.807) is 19.4 Å². The zero-order valence-corrected chi connectivity index (χ0v) is 14.0. The highest BCUT2D eigenvalue weighted by molar-refractivity contribution is 5.97. The monoisotopic (exact) mass is 345 g/mol. The summed E-state index contributed by atoms with van der Waals surface area (Å²) in [5.41, 5.74) is 1.55. The minimum absolute atomic E-state index is 0. The molecule has 0 atom stereocenters. The zero-order valence-electron chi connectivity index (χ0n) is 12.4. The number of ether oxygens (including phenoxy) is 1. The van der Waals surface area contributed by atoms with Crippen LogP contribution in [0.15, 0.2) is 36.5 Å². The van der Waals surface area contributed by atoms with Gasteiger partial charge >= 0.3 is 0 Å². The Hall–Kier alpha value is -1.40. The molecule has 1 heterocycles. The van der Waals surface area contributed by atoms with Crippen LogP contribution >= 0.6 is 24.8 Å². The van der Waals surface area contributed by atoms with Crippen LogP contribution < -0.4 is 10.6 Å². The fraction of sp³-hybridized carbons (Fsp3) is 0.333. The van der Waals surface area contributed by atoms with Gasteiger partial charge in [-0.3, -0.25) is 9.78 Å². The third-order valence-electron chi connectivity index (χ3n) is 2.94. The van der Waals surface area contributed by atoms with E-state index in [9.17, 15) is 4.79 Å². The van der Waals surface area contributed by atoms with Gasteiger partial charge in [0.15, 0.2) is 0 Å². The molecule has 0 spiro atoms. The van der Waals surface area contributed by atoms with Crippen molar-refractivity contribution < 1.29 is 9.53 Å². The second kappa shape index (κ2) is 11.2. The van der Waals surface area contributed by atoms with Crippen molar-refractivity contribution in [2.24, 2.45) is 0 Å². The lowest BCUT2D eigenvalue weighted by atomic mass is 10.1. The number of nitrogens with one attached hydrogen (secondary N) is 2. The Labute approximate surface area is 142 Å². The molecule has 7 heteroatoms. The van der Waals surface area contributed by atoms with Gasteiger partial charge in [0, 0.05) is 43.9 Å². The average Bonchev–Trinajstić information content (AvgIpc) is 2.50. The highest BCUT2D eigenvalue weighted by atomic mass is 35.5. The molecular formula is C15H21Cl2N3O2. The first kappa shape index (κ1) is 20.6. The van der Waals surface area contributed by atoms with E-state index in [0.717, 1.165) is 24.0 Å². The van der Waals surface area contributed by atoms with E-state index >= 15 is 0 Å². The smallest absolute Gasteiger partial charge is 0.251 e. The predicted molar refractivity (Wildman–Crippen MR) is 93.3 cm³/mol. The molecule has 0 bridgehead atoms. The topological polar surface area (TPSA) is 63.2 Å². The van der Waals surface area contributed by atoms with Gasteiger partial charge in [-0.15, -0.1) is 24.8 Å². The summed E-state index contributed by atoms with van der Waals surface area (Å²) in [6.45, 7) is 2.78. The second-order valence-electron chi connectivity index (χ2n) is 4.41. The van der Waals surface area contributed by atoms with Gasteiger partial charge in [-0.1, -0.05) is 6.07 Å². The second-order valence-corrected chi connectivity index (χ2v) is 4.41. The van der Waals surface area contributed by atoms with Crippen LogP contribution in [0.25, 0.3) is 10.9 Å². The molecule has 0 aliphatic carbocycles. The first-order chi connectivity index (χ1) is 9.81. The van der Waals surface area contributed by atoms with Crippen LogP contribution in [0, 0.1) is 0 Å². The van der Waals surface area contributed by atoms with E-state index in [-0.39, 0.29) is 30.7 Å². The number of benzene rings is 1. The first-order valence-electron chi connectivity index (χ1n) is 6.64. The number of amides is 1. The maximum atomic E-state index is 12.0. The summed E-state index contributed by atoms with van der Waals surface area (Å²) < 4.78 is 4.92. The Balaban J connectivity index is 0.00000220. The van der Waals surface area contributed by atoms with Crippen molar-refractivity contribution in [3.8, 4) is 0 Å². The number of hydrogen-bond donors (Lipinski definition) is 2. The van der Waals surface area contributed by atoms with E-state index < -0.39 is 0 Å². The fourth-order valence-electron chi connectivity index (χ4n) is 1.88. The van der Waals surface area contributed by atoms with Crippen molar-refractivity contribution in [1.82, 2.24) is 15.6 Å². The van der Waals surface area contributed by atoms with E-state index in [1.807, 2.05) is 24.3 Å². The molecule has 0 unspecified atom stereocenters. The minimum Gasteiger partial charge on any atom is -0.383 e. The van der Waals surface area contributed by atoms with Gasteiger partial charge in [0.1, 0.15) is 0 Å². The normalized spacial score (nSPS) is 9.68. The van der Waals surface area contributed by atoms with Crippen molar-refractivity contribution in [1.29, 1.82) is 0 Å². The quantitative estimate of drug-likeness (QED) is 0.754. The van der Waals surface area contributed by atoms with Crippen molar-refractivity contribution in [2.75, 3.05) is 33.4 Å². The van der Waals surface area contributed by atoms with Gasteiger partial charge in [-0.25, -0.2) is 0 Å². The summed E-state index contributed by atoms with van der Waals surface area (Å²) in [5.74, 6) is -0.0655. The van der Waals surface area contributed by atoms with Crippen molar-refractivity contribution >= 4 is 41.6 Å². The summed E-state index contributed by atoms with van der Waals surface area (Å²) in [6, 6.07) is 9.33. The molecule has 1 aromatic carbocycles. The molecule has 0 fully saturated rings. The zero-order chi connectivity index (χ0) is 14.2. The SMILES string of the molecule is COCCNCCNC(=O)c1ccc2ncccc2c1.Cl.Cl. The molecule has 0 radical (unpaired) electrons. The molecule has 2 rings (SSSR count). The number of halogens is 2. The Bertz CT molecular complexity index is 581. The van der Waals surface area contributed by atoms with Crippen LogP contribution in [0.5, 0.6) is 0 Å². The fourth-order valence-corrected chi connectivity index (χ4v) is 1.88. The van der Waals surface area contributed by atoms with E-state index in [2.05, 4.69) is 15.6 Å². The molecule has 2 N–H and O–H groups in total. The van der Waals surface area contributed by atoms with Crippen LogP contribution in [0.1, 0.15) is 10.4 Å². The largest absolute Gasteiger partial charge is 0.383 e. The number of carbonyl (C=O) groups excluding carboxylic acids is 1. The van der Waals surface area contributed by atoms with Gasteiger partial charge in [0.2, 0.25) is 0 Å². The van der Waals surface area contributed by atoms with Gasteiger partial charge in [-0.2, -0.15) is 0 Å². The highest BCUT2D eigenvalue weighted by Crippen LogP contribution is 2.12. The molecule has 0 saturated carbocycles. The number of fused-ring (bicyclic) bond motifs is 1. The van der Waals surface area contributed by atoms with Crippen molar-refractivity contribution in [3.05, 3.63) is 42.1 Å². The molecule has 122 valence electrons. The summed E-state index contributed by atoms with van der Waals surface area (Å²) in [7, 11) is 1.66. The van der Waals surface area contributed by atoms with Gasteiger partial charge in [0.05, 0.1) is 12.1 Å².